The molecule has 0 spiro atoms. The number of anilines is 1. The van der Waals surface area contributed by atoms with Gasteiger partial charge in [0.05, 0.1) is 22.4 Å². The van der Waals surface area contributed by atoms with E-state index in [1.54, 1.807) is 19.1 Å². The van der Waals surface area contributed by atoms with Crippen molar-refractivity contribution in [1.82, 2.24) is 0 Å². The van der Waals surface area contributed by atoms with Gasteiger partial charge < -0.3 is 0 Å². The minimum atomic E-state index is -0.489. The fourth-order valence-electron chi connectivity index (χ4n) is 3.35. The van der Waals surface area contributed by atoms with Gasteiger partial charge in [-0.05, 0) is 25.8 Å². The lowest BCUT2D eigenvalue weighted by Crippen LogP contribution is -2.30. The highest BCUT2D eigenvalue weighted by Gasteiger charge is 2.48. The summed E-state index contributed by atoms with van der Waals surface area (Å²) in [6.45, 7) is 1.63. The van der Waals surface area contributed by atoms with Gasteiger partial charge in [0.2, 0.25) is 11.8 Å². The number of rotatable bonds is 2. The van der Waals surface area contributed by atoms with Crippen LogP contribution in [0.4, 0.5) is 11.4 Å². The zero-order chi connectivity index (χ0) is 15.1. The molecule has 1 heterocycles. The summed E-state index contributed by atoms with van der Waals surface area (Å²) in [5.41, 5.74) is 0.764. The van der Waals surface area contributed by atoms with Gasteiger partial charge in [-0.15, -0.1) is 0 Å². The quantitative estimate of drug-likeness (QED) is 0.476. The maximum Gasteiger partial charge on any atom is 0.274 e. The summed E-state index contributed by atoms with van der Waals surface area (Å²) in [7, 11) is 0. The predicted molar refractivity (Wildman–Crippen MR) is 75.8 cm³/mol. The van der Waals surface area contributed by atoms with Crippen LogP contribution in [0, 0.1) is 28.9 Å². The van der Waals surface area contributed by atoms with Crippen LogP contribution in [0.5, 0.6) is 0 Å². The molecular formula is C15H16N2O4. The van der Waals surface area contributed by atoms with Crippen molar-refractivity contribution in [3.8, 4) is 0 Å². The first-order valence-corrected chi connectivity index (χ1v) is 7.13. The molecule has 6 heteroatoms. The third kappa shape index (κ3) is 2.11. The summed E-state index contributed by atoms with van der Waals surface area (Å²) in [5.74, 6) is -0.899. The first-order valence-electron chi connectivity index (χ1n) is 7.13. The van der Waals surface area contributed by atoms with Crippen molar-refractivity contribution >= 4 is 23.2 Å². The zero-order valence-corrected chi connectivity index (χ0v) is 11.7. The Morgan fingerprint density at radius 1 is 1.14 bits per heavy atom. The van der Waals surface area contributed by atoms with E-state index in [9.17, 15) is 19.7 Å². The second-order valence-corrected chi connectivity index (χ2v) is 5.74. The molecule has 0 N–H and O–H groups in total. The van der Waals surface area contributed by atoms with Crippen molar-refractivity contribution in [2.24, 2.45) is 11.8 Å². The van der Waals surface area contributed by atoms with Gasteiger partial charge in [-0.3, -0.25) is 19.7 Å². The van der Waals surface area contributed by atoms with Crippen LogP contribution in [0.15, 0.2) is 18.2 Å². The molecule has 0 unspecified atom stereocenters. The van der Waals surface area contributed by atoms with Gasteiger partial charge in [0.25, 0.3) is 5.69 Å². The molecule has 1 aliphatic carbocycles. The fourth-order valence-corrected chi connectivity index (χ4v) is 3.35. The maximum atomic E-state index is 12.5. The van der Waals surface area contributed by atoms with E-state index in [0.717, 1.165) is 30.6 Å². The Morgan fingerprint density at radius 3 is 2.24 bits per heavy atom. The normalized spacial score (nSPS) is 25.1. The van der Waals surface area contributed by atoms with Crippen molar-refractivity contribution in [2.75, 3.05) is 4.90 Å². The van der Waals surface area contributed by atoms with Crippen LogP contribution in [0.1, 0.15) is 31.2 Å². The zero-order valence-electron chi connectivity index (χ0n) is 11.7. The molecule has 21 heavy (non-hydrogen) atoms. The number of hydrogen-bond donors (Lipinski definition) is 0. The van der Waals surface area contributed by atoms with Crippen LogP contribution in [-0.4, -0.2) is 16.7 Å². The largest absolute Gasteiger partial charge is 0.274 e. The van der Waals surface area contributed by atoms with Crippen LogP contribution in [-0.2, 0) is 9.59 Å². The van der Waals surface area contributed by atoms with E-state index in [1.807, 2.05) is 0 Å². The highest BCUT2D eigenvalue weighted by molar-refractivity contribution is 6.22. The molecule has 2 atom stereocenters. The second kappa shape index (κ2) is 4.95. The smallest absolute Gasteiger partial charge is 0.274 e. The Bertz CT molecular complexity index is 617. The molecular weight excluding hydrogens is 272 g/mol. The standard InChI is InChI=1S/C15H16N2O4/c1-9-6-7-10(8-13(9)17(20)21)16-14(18)11-4-2-3-5-12(11)15(16)19/h6-8,11-12H,2-5H2,1H3/t11-,12-/m1/s1. The lowest BCUT2D eigenvalue weighted by atomic mass is 9.81. The number of benzene rings is 1. The van der Waals surface area contributed by atoms with E-state index in [-0.39, 0.29) is 29.3 Å². The monoisotopic (exact) mass is 288 g/mol. The number of amides is 2. The Balaban J connectivity index is 2.00. The maximum absolute atomic E-state index is 12.5. The van der Waals surface area contributed by atoms with Crippen molar-refractivity contribution in [1.29, 1.82) is 0 Å². The molecule has 2 amide bonds. The number of aryl methyl sites for hydroxylation is 1. The predicted octanol–water partition coefficient (Wildman–Crippen LogP) is 2.58. The minimum Gasteiger partial charge on any atom is -0.274 e. The van der Waals surface area contributed by atoms with E-state index >= 15 is 0 Å². The first-order chi connectivity index (χ1) is 10.0. The third-order valence-electron chi connectivity index (χ3n) is 4.49. The average molecular weight is 288 g/mol. The minimum absolute atomic E-state index is 0.0667. The molecule has 0 bridgehead atoms. The molecule has 1 aliphatic heterocycles. The number of nitro groups is 1. The van der Waals surface area contributed by atoms with Gasteiger partial charge in [0.15, 0.2) is 0 Å². The Morgan fingerprint density at radius 2 is 1.71 bits per heavy atom. The van der Waals surface area contributed by atoms with Crippen LogP contribution < -0.4 is 4.90 Å². The van der Waals surface area contributed by atoms with E-state index in [0.29, 0.717) is 11.3 Å². The number of carbonyl (C=O) groups excluding carboxylic acids is 2. The van der Waals surface area contributed by atoms with E-state index in [1.165, 1.54) is 6.07 Å². The van der Waals surface area contributed by atoms with Gasteiger partial charge in [-0.25, -0.2) is 4.90 Å². The third-order valence-corrected chi connectivity index (χ3v) is 4.49. The van der Waals surface area contributed by atoms with Gasteiger partial charge in [0.1, 0.15) is 0 Å². The Hall–Kier alpha value is -2.24. The molecule has 2 fully saturated rings. The van der Waals surface area contributed by atoms with Crippen LogP contribution >= 0.6 is 0 Å². The molecule has 0 radical (unpaired) electrons. The lowest BCUT2D eigenvalue weighted by Gasteiger charge is -2.19. The Labute approximate surface area is 121 Å². The van der Waals surface area contributed by atoms with Crippen LogP contribution in [0.2, 0.25) is 0 Å². The number of imide groups is 1. The topological polar surface area (TPSA) is 80.5 Å². The molecule has 3 rings (SSSR count). The molecule has 2 aliphatic rings. The van der Waals surface area contributed by atoms with Gasteiger partial charge in [0, 0.05) is 11.6 Å². The lowest BCUT2D eigenvalue weighted by molar-refractivity contribution is -0.385. The van der Waals surface area contributed by atoms with Crippen LogP contribution in [0.25, 0.3) is 0 Å². The van der Waals surface area contributed by atoms with Gasteiger partial charge >= 0.3 is 0 Å². The van der Waals surface area contributed by atoms with Crippen molar-refractivity contribution < 1.29 is 14.5 Å². The van der Waals surface area contributed by atoms with Gasteiger partial charge in [-0.1, -0.05) is 18.9 Å². The van der Waals surface area contributed by atoms with E-state index in [2.05, 4.69) is 0 Å². The van der Waals surface area contributed by atoms with Crippen molar-refractivity contribution in [3.05, 3.63) is 33.9 Å². The number of hydrogen-bond acceptors (Lipinski definition) is 4. The summed E-state index contributed by atoms with van der Waals surface area (Å²) in [4.78, 5) is 36.6. The number of fused-ring (bicyclic) bond motifs is 1. The van der Waals surface area contributed by atoms with Crippen molar-refractivity contribution in [3.63, 3.8) is 0 Å². The average Bonchev–Trinajstić information content (AvgIpc) is 2.72. The van der Waals surface area contributed by atoms with Crippen molar-refractivity contribution in [2.45, 2.75) is 32.6 Å². The summed E-state index contributed by atoms with van der Waals surface area (Å²) in [6.07, 6.45) is 3.39. The van der Waals surface area contributed by atoms with E-state index < -0.39 is 4.92 Å². The summed E-state index contributed by atoms with van der Waals surface area (Å²) < 4.78 is 0. The second-order valence-electron chi connectivity index (χ2n) is 5.74. The highest BCUT2D eigenvalue weighted by atomic mass is 16.6. The molecule has 1 saturated carbocycles. The molecule has 1 aromatic rings. The summed E-state index contributed by atoms with van der Waals surface area (Å²) in [6, 6.07) is 4.51. The highest BCUT2D eigenvalue weighted by Crippen LogP contribution is 2.40. The summed E-state index contributed by atoms with van der Waals surface area (Å²) >= 11 is 0. The molecule has 1 saturated heterocycles. The van der Waals surface area contributed by atoms with E-state index in [4.69, 9.17) is 0 Å². The number of nitrogens with zero attached hydrogens (tertiary/aromatic N) is 2. The molecule has 6 nitrogen and oxygen atoms in total. The molecule has 110 valence electrons. The fraction of sp³-hybridized carbons (Fsp3) is 0.467. The van der Waals surface area contributed by atoms with Gasteiger partial charge in [-0.2, -0.15) is 0 Å². The molecule has 0 aromatic heterocycles. The number of carbonyl (C=O) groups is 2. The summed E-state index contributed by atoms with van der Waals surface area (Å²) in [5, 5.41) is 11.0. The first kappa shape index (κ1) is 13.7. The van der Waals surface area contributed by atoms with Crippen LogP contribution in [0.3, 0.4) is 0 Å². The molecule has 1 aromatic carbocycles. The SMILES string of the molecule is Cc1ccc(N2C(=O)[C@@H]3CCCC[C@H]3C2=O)cc1[N+](=O)[O-]. The Kier molecular flexibility index (Phi) is 3.23. The number of nitro benzene ring substituents is 1.